The van der Waals surface area contributed by atoms with Crippen molar-refractivity contribution in [3.8, 4) is 6.07 Å². The van der Waals surface area contributed by atoms with Crippen molar-refractivity contribution in [2.24, 2.45) is 0 Å². The molecule has 2 heterocycles. The fourth-order valence-corrected chi connectivity index (χ4v) is 3.62. The lowest BCUT2D eigenvalue weighted by molar-refractivity contribution is 0.122. The Kier molecular flexibility index (Phi) is 5.28. The Balaban J connectivity index is 1.61. The molecule has 148 valence electrons. The van der Waals surface area contributed by atoms with Gasteiger partial charge in [0, 0.05) is 31.2 Å². The summed E-state index contributed by atoms with van der Waals surface area (Å²) >= 11 is 0. The maximum atomic E-state index is 14.6. The number of morpholine rings is 1. The number of aryl methyl sites for hydroxylation is 1. The molecule has 0 spiro atoms. The molecule has 1 saturated heterocycles. The molecule has 1 aromatic heterocycles. The molecule has 1 N–H and O–H groups in total. The van der Waals surface area contributed by atoms with Gasteiger partial charge in [0.05, 0.1) is 35.7 Å². The molecular weight excluding hydrogens is 374 g/mol. The van der Waals surface area contributed by atoms with E-state index in [1.54, 1.807) is 13.0 Å². The number of hydrogen-bond acceptors (Lipinski definition) is 5. The van der Waals surface area contributed by atoms with E-state index in [2.05, 4.69) is 16.4 Å². The van der Waals surface area contributed by atoms with Crippen molar-refractivity contribution in [2.75, 3.05) is 36.5 Å². The molecule has 0 saturated carbocycles. The van der Waals surface area contributed by atoms with Crippen LogP contribution >= 0.6 is 0 Å². The first-order valence-electron chi connectivity index (χ1n) is 9.41. The maximum absolute atomic E-state index is 14.6. The van der Waals surface area contributed by atoms with E-state index in [1.807, 2.05) is 11.0 Å². The van der Waals surface area contributed by atoms with E-state index < -0.39 is 5.82 Å². The van der Waals surface area contributed by atoms with Gasteiger partial charge < -0.3 is 15.0 Å². The summed E-state index contributed by atoms with van der Waals surface area (Å²) < 4.78 is 33.9. The normalized spacial score (nSPS) is 14.1. The van der Waals surface area contributed by atoms with Crippen LogP contribution in [0.3, 0.4) is 0 Å². The standard InChI is InChI=1S/C22H20F2N4O/c1-14-8-17(23)10-18-21(14)27-13-16(11-25)22(18)26-12-15-2-3-20(19(24)9-15)28-4-6-29-7-5-28/h2-3,8-10,13H,4-7,12H2,1H3,(H,26,27). The van der Waals surface area contributed by atoms with Crippen LogP contribution in [0.4, 0.5) is 20.2 Å². The van der Waals surface area contributed by atoms with Crippen molar-refractivity contribution in [2.45, 2.75) is 13.5 Å². The minimum absolute atomic E-state index is 0.295. The first-order chi connectivity index (χ1) is 14.1. The molecule has 0 aliphatic carbocycles. The molecule has 7 heteroatoms. The Morgan fingerprint density at radius 1 is 1.21 bits per heavy atom. The molecule has 1 fully saturated rings. The number of hydrogen-bond donors (Lipinski definition) is 1. The number of ether oxygens (including phenoxy) is 1. The average Bonchev–Trinajstić information content (AvgIpc) is 2.72. The number of benzene rings is 2. The predicted octanol–water partition coefficient (Wildman–Crippen LogP) is 4.14. The van der Waals surface area contributed by atoms with Crippen LogP contribution in [0.15, 0.2) is 36.5 Å². The Morgan fingerprint density at radius 2 is 2.00 bits per heavy atom. The van der Waals surface area contributed by atoms with E-state index in [-0.39, 0.29) is 5.82 Å². The summed E-state index contributed by atoms with van der Waals surface area (Å²) in [7, 11) is 0. The molecule has 1 aliphatic heterocycles. The van der Waals surface area contributed by atoms with Gasteiger partial charge in [0.2, 0.25) is 0 Å². The van der Waals surface area contributed by atoms with Crippen molar-refractivity contribution in [1.82, 2.24) is 4.98 Å². The van der Waals surface area contributed by atoms with Crippen LogP contribution in [-0.4, -0.2) is 31.3 Å². The van der Waals surface area contributed by atoms with E-state index in [9.17, 15) is 14.0 Å². The van der Waals surface area contributed by atoms with Crippen molar-refractivity contribution < 1.29 is 13.5 Å². The second-order valence-corrected chi connectivity index (χ2v) is 7.02. The Hall–Kier alpha value is -3.24. The number of nitrogens with zero attached hydrogens (tertiary/aromatic N) is 3. The van der Waals surface area contributed by atoms with Gasteiger partial charge in [-0.05, 0) is 42.3 Å². The number of nitriles is 1. The molecule has 29 heavy (non-hydrogen) atoms. The van der Waals surface area contributed by atoms with E-state index in [0.29, 0.717) is 66.3 Å². The summed E-state index contributed by atoms with van der Waals surface area (Å²) in [6.07, 6.45) is 1.47. The summed E-state index contributed by atoms with van der Waals surface area (Å²) in [5.41, 5.74) is 3.41. The molecule has 3 aromatic rings. The van der Waals surface area contributed by atoms with Gasteiger partial charge in [0.15, 0.2) is 0 Å². The number of halogens is 2. The smallest absolute Gasteiger partial charge is 0.146 e. The predicted molar refractivity (Wildman–Crippen MR) is 108 cm³/mol. The summed E-state index contributed by atoms with van der Waals surface area (Å²) in [5.74, 6) is -0.691. The molecule has 0 amide bonds. The Morgan fingerprint density at radius 3 is 2.72 bits per heavy atom. The molecule has 1 aliphatic rings. The third-order valence-electron chi connectivity index (χ3n) is 5.08. The molecule has 0 radical (unpaired) electrons. The molecule has 0 bridgehead atoms. The fourth-order valence-electron chi connectivity index (χ4n) is 3.62. The zero-order chi connectivity index (χ0) is 20.4. The van der Waals surface area contributed by atoms with Crippen molar-refractivity contribution >= 4 is 22.3 Å². The highest BCUT2D eigenvalue weighted by atomic mass is 19.1. The molecule has 5 nitrogen and oxygen atoms in total. The van der Waals surface area contributed by atoms with Crippen LogP contribution < -0.4 is 10.2 Å². The van der Waals surface area contributed by atoms with Gasteiger partial charge in [-0.2, -0.15) is 5.26 Å². The van der Waals surface area contributed by atoms with Crippen LogP contribution in [0.25, 0.3) is 10.9 Å². The fraction of sp³-hybridized carbons (Fsp3) is 0.273. The van der Waals surface area contributed by atoms with Crippen LogP contribution in [0, 0.1) is 29.9 Å². The lowest BCUT2D eigenvalue weighted by Gasteiger charge is -2.29. The molecule has 2 aromatic carbocycles. The van der Waals surface area contributed by atoms with Crippen molar-refractivity contribution in [1.29, 1.82) is 5.26 Å². The maximum Gasteiger partial charge on any atom is 0.146 e. The first kappa shape index (κ1) is 19.1. The van der Waals surface area contributed by atoms with Gasteiger partial charge in [-0.15, -0.1) is 0 Å². The lowest BCUT2D eigenvalue weighted by atomic mass is 10.1. The molecule has 0 atom stereocenters. The van der Waals surface area contributed by atoms with Gasteiger partial charge >= 0.3 is 0 Å². The van der Waals surface area contributed by atoms with Gasteiger partial charge in [-0.25, -0.2) is 8.78 Å². The molecular formula is C22H20F2N4O. The third kappa shape index (κ3) is 3.84. The summed E-state index contributed by atoms with van der Waals surface area (Å²) in [4.78, 5) is 6.24. The van der Waals surface area contributed by atoms with Crippen LogP contribution in [0.1, 0.15) is 16.7 Å². The second-order valence-electron chi connectivity index (χ2n) is 7.02. The number of pyridine rings is 1. The SMILES string of the molecule is Cc1cc(F)cc2c(NCc3ccc(N4CCOCC4)c(F)c3)c(C#N)cnc12. The largest absolute Gasteiger partial charge is 0.379 e. The Labute approximate surface area is 167 Å². The number of nitrogens with one attached hydrogen (secondary N) is 1. The minimum Gasteiger partial charge on any atom is -0.379 e. The number of anilines is 2. The van der Waals surface area contributed by atoms with E-state index >= 15 is 0 Å². The minimum atomic E-state index is -0.393. The number of rotatable bonds is 4. The first-order valence-corrected chi connectivity index (χ1v) is 9.41. The van der Waals surface area contributed by atoms with Crippen molar-refractivity contribution in [3.63, 3.8) is 0 Å². The van der Waals surface area contributed by atoms with Gasteiger partial charge in [0.25, 0.3) is 0 Å². The van der Waals surface area contributed by atoms with E-state index in [0.717, 1.165) is 5.56 Å². The van der Waals surface area contributed by atoms with Gasteiger partial charge in [-0.3, -0.25) is 4.98 Å². The number of fused-ring (bicyclic) bond motifs is 1. The lowest BCUT2D eigenvalue weighted by Crippen LogP contribution is -2.36. The van der Waals surface area contributed by atoms with Gasteiger partial charge in [0.1, 0.15) is 17.7 Å². The zero-order valence-corrected chi connectivity index (χ0v) is 16.0. The van der Waals surface area contributed by atoms with Crippen LogP contribution in [0.2, 0.25) is 0 Å². The third-order valence-corrected chi connectivity index (χ3v) is 5.08. The molecule has 0 unspecified atom stereocenters. The zero-order valence-electron chi connectivity index (χ0n) is 16.0. The van der Waals surface area contributed by atoms with Crippen LogP contribution in [0.5, 0.6) is 0 Å². The second kappa shape index (κ2) is 8.02. The highest BCUT2D eigenvalue weighted by Gasteiger charge is 2.16. The summed E-state index contributed by atoms with van der Waals surface area (Å²) in [5, 5.41) is 13.1. The molecule has 4 rings (SSSR count). The summed E-state index contributed by atoms with van der Waals surface area (Å²) in [6, 6.07) is 9.95. The van der Waals surface area contributed by atoms with E-state index in [4.69, 9.17) is 4.74 Å². The average molecular weight is 394 g/mol. The summed E-state index contributed by atoms with van der Waals surface area (Å²) in [6.45, 7) is 4.56. The topological polar surface area (TPSA) is 61.2 Å². The highest BCUT2D eigenvalue weighted by molar-refractivity contribution is 5.95. The number of aromatic nitrogens is 1. The quantitative estimate of drug-likeness (QED) is 0.721. The monoisotopic (exact) mass is 394 g/mol. The highest BCUT2D eigenvalue weighted by Crippen LogP contribution is 2.29. The van der Waals surface area contributed by atoms with Gasteiger partial charge in [-0.1, -0.05) is 6.07 Å². The van der Waals surface area contributed by atoms with E-state index in [1.165, 1.54) is 24.4 Å². The Bertz CT molecular complexity index is 1100. The van der Waals surface area contributed by atoms with Crippen molar-refractivity contribution in [3.05, 3.63) is 64.9 Å². The van der Waals surface area contributed by atoms with Crippen LogP contribution in [-0.2, 0) is 11.3 Å².